The molecule has 0 radical (unpaired) electrons. The molecule has 0 unspecified atom stereocenters. The lowest BCUT2D eigenvalue weighted by Gasteiger charge is -2.17. The van der Waals surface area contributed by atoms with Crippen molar-refractivity contribution in [2.75, 3.05) is 12.0 Å². The molecule has 1 N–H and O–H groups in total. The van der Waals surface area contributed by atoms with E-state index in [4.69, 9.17) is 4.74 Å². The van der Waals surface area contributed by atoms with Gasteiger partial charge in [0, 0.05) is 6.26 Å². The Morgan fingerprint density at radius 1 is 0.943 bits per heavy atom. The molecule has 0 bridgehead atoms. The van der Waals surface area contributed by atoms with Crippen LogP contribution in [0.5, 0.6) is 11.5 Å². The molecule has 0 saturated carbocycles. The molecular formula is C20H19F6NO6S2. The van der Waals surface area contributed by atoms with Crippen LogP contribution in [0.3, 0.4) is 0 Å². The summed E-state index contributed by atoms with van der Waals surface area (Å²) in [6.07, 6.45) is -10.1. The van der Waals surface area contributed by atoms with Crippen LogP contribution in [-0.2, 0) is 43.4 Å². The number of sulfone groups is 1. The Kier molecular flexibility index (Phi) is 8.16. The minimum absolute atomic E-state index is 0.170. The molecule has 0 aliphatic carbocycles. The Morgan fingerprint density at radius 3 is 2.09 bits per heavy atom. The minimum atomic E-state index is -5.12. The van der Waals surface area contributed by atoms with E-state index < -0.39 is 77.8 Å². The zero-order chi connectivity index (χ0) is 26.8. The summed E-state index contributed by atoms with van der Waals surface area (Å²) in [7, 11) is -8.05. The number of carbonyl (C=O) groups excluding carboxylic acids is 1. The van der Waals surface area contributed by atoms with Crippen LogP contribution in [0.4, 0.5) is 26.3 Å². The number of ether oxygens (including phenoxy) is 1. The van der Waals surface area contributed by atoms with E-state index in [1.807, 2.05) is 0 Å². The van der Waals surface area contributed by atoms with Crippen molar-refractivity contribution >= 4 is 25.8 Å². The summed E-state index contributed by atoms with van der Waals surface area (Å²) in [5.41, 5.74) is -3.31. The molecule has 0 saturated heterocycles. The van der Waals surface area contributed by atoms with Crippen LogP contribution in [-0.4, -0.2) is 34.8 Å². The van der Waals surface area contributed by atoms with Gasteiger partial charge in [0.2, 0.25) is 15.9 Å². The molecule has 0 spiro atoms. The fourth-order valence-corrected chi connectivity index (χ4v) is 4.58. The maximum Gasteiger partial charge on any atom is 0.420 e. The number of rotatable bonds is 8. The zero-order valence-electron chi connectivity index (χ0n) is 18.1. The summed E-state index contributed by atoms with van der Waals surface area (Å²) in [5.74, 6) is -3.28. The average Bonchev–Trinajstić information content (AvgIpc) is 2.65. The summed E-state index contributed by atoms with van der Waals surface area (Å²) in [5, 5.41) is 0. The first-order valence-electron chi connectivity index (χ1n) is 9.65. The largest absolute Gasteiger partial charge is 0.457 e. The third kappa shape index (κ3) is 8.13. The van der Waals surface area contributed by atoms with Crippen molar-refractivity contribution in [1.29, 1.82) is 0 Å². The van der Waals surface area contributed by atoms with Gasteiger partial charge in [0.1, 0.15) is 11.5 Å². The molecule has 15 heteroatoms. The first-order chi connectivity index (χ1) is 15.8. The summed E-state index contributed by atoms with van der Waals surface area (Å²) in [4.78, 5) is 11.3. The van der Waals surface area contributed by atoms with Crippen molar-refractivity contribution in [3.63, 3.8) is 0 Å². The highest BCUT2D eigenvalue weighted by atomic mass is 32.2. The van der Waals surface area contributed by atoms with Crippen LogP contribution >= 0.6 is 0 Å². The first kappa shape index (κ1) is 28.4. The van der Waals surface area contributed by atoms with Crippen LogP contribution in [0.1, 0.15) is 30.0 Å². The van der Waals surface area contributed by atoms with Gasteiger partial charge in [-0.25, -0.2) is 16.8 Å². The molecule has 2 rings (SSSR count). The van der Waals surface area contributed by atoms with E-state index >= 15 is 0 Å². The van der Waals surface area contributed by atoms with Gasteiger partial charge in [-0.2, -0.15) is 26.3 Å². The van der Waals surface area contributed by atoms with E-state index in [-0.39, 0.29) is 18.1 Å². The highest BCUT2D eigenvalue weighted by Crippen LogP contribution is 2.41. The van der Waals surface area contributed by atoms with E-state index in [1.54, 1.807) is 4.72 Å². The topological polar surface area (TPSA) is 107 Å². The van der Waals surface area contributed by atoms with Crippen LogP contribution in [0.25, 0.3) is 0 Å². The lowest BCUT2D eigenvalue weighted by atomic mass is 10.1. The fourth-order valence-electron chi connectivity index (χ4n) is 2.88. The van der Waals surface area contributed by atoms with Crippen molar-refractivity contribution in [3.8, 4) is 11.5 Å². The number of benzene rings is 2. The van der Waals surface area contributed by atoms with E-state index in [0.717, 1.165) is 12.1 Å². The van der Waals surface area contributed by atoms with Crippen molar-refractivity contribution in [2.45, 2.75) is 37.0 Å². The maximum atomic E-state index is 13.5. The van der Waals surface area contributed by atoms with Gasteiger partial charge in [-0.15, -0.1) is 0 Å². The number of carbonyl (C=O) groups is 1. The van der Waals surface area contributed by atoms with E-state index in [1.165, 1.54) is 6.92 Å². The number of hydrogen-bond donors (Lipinski definition) is 1. The second kappa shape index (κ2) is 10.0. The second-order valence-corrected chi connectivity index (χ2v) is 11.3. The highest BCUT2D eigenvalue weighted by Gasteiger charge is 2.36. The van der Waals surface area contributed by atoms with Gasteiger partial charge in [-0.05, 0) is 48.4 Å². The van der Waals surface area contributed by atoms with Crippen molar-refractivity contribution in [1.82, 2.24) is 4.72 Å². The Bertz CT molecular complexity index is 1320. The Labute approximate surface area is 197 Å². The van der Waals surface area contributed by atoms with Gasteiger partial charge in [0.25, 0.3) is 0 Å². The fraction of sp³-hybridized carbons (Fsp3) is 0.350. The summed E-state index contributed by atoms with van der Waals surface area (Å²) < 4.78 is 134. The lowest BCUT2D eigenvalue weighted by molar-refractivity contribution is -0.139. The Morgan fingerprint density at radius 2 is 1.57 bits per heavy atom. The van der Waals surface area contributed by atoms with Gasteiger partial charge >= 0.3 is 12.4 Å². The van der Waals surface area contributed by atoms with E-state index in [9.17, 15) is 48.0 Å². The zero-order valence-corrected chi connectivity index (χ0v) is 19.8. The molecule has 2 aromatic rings. The smallest absolute Gasteiger partial charge is 0.420 e. The molecule has 7 nitrogen and oxygen atoms in total. The molecule has 0 aliphatic rings. The molecule has 0 aliphatic heterocycles. The molecule has 1 amide bonds. The van der Waals surface area contributed by atoms with Crippen molar-refractivity contribution < 1.29 is 52.7 Å². The molecule has 0 aromatic heterocycles. The Balaban J connectivity index is 2.50. The first-order valence-corrected chi connectivity index (χ1v) is 13.2. The number of amides is 1. The van der Waals surface area contributed by atoms with Crippen LogP contribution in [0, 0.1) is 0 Å². The van der Waals surface area contributed by atoms with Crippen molar-refractivity contribution in [2.24, 2.45) is 0 Å². The van der Waals surface area contributed by atoms with Gasteiger partial charge in [-0.3, -0.25) is 9.52 Å². The SMILES string of the molecule is CCCS(=O)(=O)NC(=O)Cc1cc(Oc2ccc(S(C)(=O)=O)cc2C(F)(F)F)cc(C(F)(F)F)c1. The predicted octanol–water partition coefficient (Wildman–Crippen LogP) is 4.32. The standard InChI is InChI=1S/C20H19F6NO6S2/c1-3-6-35(31,32)27-18(28)9-12-7-13(19(21,22)23)10-14(8-12)33-17-5-4-15(34(2,29)30)11-16(17)20(24,25)26/h4-5,7-8,10-11H,3,6,9H2,1-2H3,(H,27,28). The van der Waals surface area contributed by atoms with E-state index in [0.29, 0.717) is 24.5 Å². The number of halogens is 6. The quantitative estimate of drug-likeness (QED) is 0.494. The number of alkyl halides is 6. The summed E-state index contributed by atoms with van der Waals surface area (Å²) in [6, 6.07) is 3.47. The molecule has 0 heterocycles. The number of hydrogen-bond acceptors (Lipinski definition) is 6. The van der Waals surface area contributed by atoms with Crippen LogP contribution < -0.4 is 9.46 Å². The number of nitrogens with one attached hydrogen (secondary N) is 1. The van der Waals surface area contributed by atoms with Crippen LogP contribution in [0.2, 0.25) is 0 Å². The third-order valence-electron chi connectivity index (χ3n) is 4.31. The summed E-state index contributed by atoms with van der Waals surface area (Å²) in [6.45, 7) is 1.53. The van der Waals surface area contributed by atoms with E-state index in [2.05, 4.69) is 0 Å². The number of sulfonamides is 1. The molecule has 0 atom stereocenters. The Hall–Kier alpha value is -2.81. The van der Waals surface area contributed by atoms with Gasteiger partial charge in [-0.1, -0.05) is 6.92 Å². The molecular weight excluding hydrogens is 528 g/mol. The van der Waals surface area contributed by atoms with Gasteiger partial charge in [0.15, 0.2) is 9.84 Å². The van der Waals surface area contributed by atoms with Crippen LogP contribution in [0.15, 0.2) is 41.3 Å². The maximum absolute atomic E-state index is 13.5. The average molecular weight is 547 g/mol. The molecule has 2 aromatic carbocycles. The monoisotopic (exact) mass is 547 g/mol. The highest BCUT2D eigenvalue weighted by molar-refractivity contribution is 7.90. The second-order valence-electron chi connectivity index (χ2n) is 7.41. The molecule has 35 heavy (non-hydrogen) atoms. The molecule has 194 valence electrons. The van der Waals surface area contributed by atoms with Gasteiger partial charge in [0.05, 0.1) is 28.2 Å². The normalized spacial score (nSPS) is 12.9. The van der Waals surface area contributed by atoms with Gasteiger partial charge < -0.3 is 4.74 Å². The van der Waals surface area contributed by atoms with Crippen molar-refractivity contribution in [3.05, 3.63) is 53.1 Å². The summed E-state index contributed by atoms with van der Waals surface area (Å²) >= 11 is 0. The molecule has 0 fully saturated rings. The predicted molar refractivity (Wildman–Crippen MR) is 112 cm³/mol. The third-order valence-corrected chi connectivity index (χ3v) is 6.91. The lowest BCUT2D eigenvalue weighted by Crippen LogP contribution is -2.33. The minimum Gasteiger partial charge on any atom is -0.457 e.